The van der Waals surface area contributed by atoms with Gasteiger partial charge in [0.25, 0.3) is 0 Å². The van der Waals surface area contributed by atoms with E-state index in [-0.39, 0.29) is 17.9 Å². The lowest BCUT2D eigenvalue weighted by molar-refractivity contribution is 0.0691. The van der Waals surface area contributed by atoms with Gasteiger partial charge in [-0.3, -0.25) is 0 Å². The Hall–Kier alpha value is -2.00. The van der Waals surface area contributed by atoms with Crippen molar-refractivity contribution < 1.29 is 14.6 Å². The highest BCUT2D eigenvalue weighted by Crippen LogP contribution is 2.29. The van der Waals surface area contributed by atoms with Crippen molar-refractivity contribution in [3.8, 4) is 5.75 Å². The first-order valence-corrected chi connectivity index (χ1v) is 6.16. The van der Waals surface area contributed by atoms with Crippen molar-refractivity contribution in [2.24, 2.45) is 0 Å². The fraction of sp³-hybridized carbons (Fsp3) is 0.133. The zero-order chi connectivity index (χ0) is 13.8. The molecule has 0 spiro atoms. The molecular formula is C15H13ClO3. The van der Waals surface area contributed by atoms with E-state index in [1.165, 1.54) is 6.07 Å². The Labute approximate surface area is 116 Å². The van der Waals surface area contributed by atoms with E-state index in [0.29, 0.717) is 5.02 Å². The molecule has 0 saturated carbocycles. The van der Waals surface area contributed by atoms with Crippen LogP contribution in [0, 0.1) is 6.92 Å². The second-order valence-electron chi connectivity index (χ2n) is 4.20. The topological polar surface area (TPSA) is 46.5 Å². The standard InChI is InChI=1S/C15H13ClO3/c1-10-4-2-5-11(8-10)9-19-14-12(15(17)18)6-3-7-13(14)16/h2-8H,9H2,1H3,(H,17,18). The van der Waals surface area contributed by atoms with Crippen molar-refractivity contribution in [3.63, 3.8) is 0 Å². The van der Waals surface area contributed by atoms with E-state index in [9.17, 15) is 4.79 Å². The van der Waals surface area contributed by atoms with Gasteiger partial charge in [0.05, 0.1) is 5.02 Å². The largest absolute Gasteiger partial charge is 0.486 e. The Kier molecular flexibility index (Phi) is 4.07. The lowest BCUT2D eigenvalue weighted by Crippen LogP contribution is -2.04. The number of carboxylic acids is 1. The van der Waals surface area contributed by atoms with Crippen molar-refractivity contribution in [3.05, 3.63) is 64.2 Å². The van der Waals surface area contributed by atoms with Crippen molar-refractivity contribution >= 4 is 17.6 Å². The van der Waals surface area contributed by atoms with Gasteiger partial charge >= 0.3 is 5.97 Å². The SMILES string of the molecule is Cc1cccc(COc2c(Cl)cccc2C(=O)O)c1. The Morgan fingerprint density at radius 2 is 2.00 bits per heavy atom. The number of halogens is 1. The van der Waals surface area contributed by atoms with Crippen LogP contribution in [0.25, 0.3) is 0 Å². The van der Waals surface area contributed by atoms with Crippen molar-refractivity contribution in [2.45, 2.75) is 13.5 Å². The molecule has 0 aliphatic carbocycles. The fourth-order valence-corrected chi connectivity index (χ4v) is 2.01. The zero-order valence-corrected chi connectivity index (χ0v) is 11.1. The molecule has 98 valence electrons. The summed E-state index contributed by atoms with van der Waals surface area (Å²) in [6.07, 6.45) is 0. The van der Waals surface area contributed by atoms with Crippen LogP contribution in [0.4, 0.5) is 0 Å². The molecule has 0 fully saturated rings. The van der Waals surface area contributed by atoms with E-state index >= 15 is 0 Å². The quantitative estimate of drug-likeness (QED) is 0.920. The van der Waals surface area contributed by atoms with E-state index < -0.39 is 5.97 Å². The first-order valence-electron chi connectivity index (χ1n) is 5.78. The highest BCUT2D eigenvalue weighted by molar-refractivity contribution is 6.32. The van der Waals surface area contributed by atoms with Crippen molar-refractivity contribution in [2.75, 3.05) is 0 Å². The molecule has 3 nitrogen and oxygen atoms in total. The van der Waals surface area contributed by atoms with Crippen LogP contribution in [0.15, 0.2) is 42.5 Å². The van der Waals surface area contributed by atoms with E-state index in [0.717, 1.165) is 11.1 Å². The third-order valence-electron chi connectivity index (χ3n) is 2.66. The van der Waals surface area contributed by atoms with E-state index in [1.807, 2.05) is 31.2 Å². The molecule has 2 rings (SSSR count). The highest BCUT2D eigenvalue weighted by atomic mass is 35.5. The summed E-state index contributed by atoms with van der Waals surface area (Å²) in [6.45, 7) is 2.27. The first-order chi connectivity index (χ1) is 9.08. The molecule has 2 aromatic rings. The number of rotatable bonds is 4. The number of carboxylic acid groups (broad SMARTS) is 1. The summed E-state index contributed by atoms with van der Waals surface area (Å²) in [5.41, 5.74) is 2.16. The predicted octanol–water partition coefficient (Wildman–Crippen LogP) is 3.93. The molecule has 0 bridgehead atoms. The number of aryl methyl sites for hydroxylation is 1. The molecular weight excluding hydrogens is 264 g/mol. The zero-order valence-electron chi connectivity index (χ0n) is 10.4. The van der Waals surface area contributed by atoms with Crippen LogP contribution in [-0.4, -0.2) is 11.1 Å². The normalized spacial score (nSPS) is 10.2. The molecule has 0 unspecified atom stereocenters. The van der Waals surface area contributed by atoms with Crippen LogP contribution in [0.3, 0.4) is 0 Å². The lowest BCUT2D eigenvalue weighted by atomic mass is 10.1. The van der Waals surface area contributed by atoms with Gasteiger partial charge in [-0.2, -0.15) is 0 Å². The van der Waals surface area contributed by atoms with Gasteiger partial charge in [-0.25, -0.2) is 4.79 Å². The summed E-state index contributed by atoms with van der Waals surface area (Å²) in [6, 6.07) is 12.5. The van der Waals surface area contributed by atoms with Crippen LogP contribution in [0.5, 0.6) is 5.75 Å². The van der Waals surface area contributed by atoms with Crippen LogP contribution >= 0.6 is 11.6 Å². The number of hydrogen-bond acceptors (Lipinski definition) is 2. The fourth-order valence-electron chi connectivity index (χ4n) is 1.78. The number of aromatic carboxylic acids is 1. The summed E-state index contributed by atoms with van der Waals surface area (Å²) in [5.74, 6) is -0.847. The van der Waals surface area contributed by atoms with E-state index in [4.69, 9.17) is 21.4 Å². The molecule has 0 radical (unpaired) electrons. The number of carbonyl (C=O) groups is 1. The molecule has 0 saturated heterocycles. The number of hydrogen-bond donors (Lipinski definition) is 1. The van der Waals surface area contributed by atoms with Crippen LogP contribution in [0.1, 0.15) is 21.5 Å². The molecule has 0 heterocycles. The molecule has 2 aromatic carbocycles. The van der Waals surface area contributed by atoms with Gasteiger partial charge in [0.2, 0.25) is 0 Å². The van der Waals surface area contributed by atoms with Gasteiger partial charge in [0.15, 0.2) is 5.75 Å². The second-order valence-corrected chi connectivity index (χ2v) is 4.61. The number of ether oxygens (including phenoxy) is 1. The summed E-state index contributed by atoms with van der Waals surface area (Å²) in [4.78, 5) is 11.1. The second kappa shape index (κ2) is 5.76. The van der Waals surface area contributed by atoms with Crippen molar-refractivity contribution in [1.82, 2.24) is 0 Å². The summed E-state index contributed by atoms with van der Waals surface area (Å²) >= 11 is 5.98. The number of benzene rings is 2. The van der Waals surface area contributed by atoms with Gasteiger partial charge in [0, 0.05) is 0 Å². The predicted molar refractivity (Wildman–Crippen MR) is 73.9 cm³/mol. The summed E-state index contributed by atoms with van der Waals surface area (Å²) < 4.78 is 5.56. The molecule has 0 aliphatic rings. The Balaban J connectivity index is 2.22. The van der Waals surface area contributed by atoms with Crippen LogP contribution in [-0.2, 0) is 6.61 Å². The third kappa shape index (κ3) is 3.26. The molecule has 0 atom stereocenters. The first kappa shape index (κ1) is 13.4. The van der Waals surface area contributed by atoms with E-state index in [1.54, 1.807) is 12.1 Å². The van der Waals surface area contributed by atoms with Gasteiger partial charge in [-0.1, -0.05) is 47.5 Å². The minimum absolute atomic E-state index is 0.0696. The van der Waals surface area contributed by atoms with Crippen LogP contribution in [0.2, 0.25) is 5.02 Å². The smallest absolute Gasteiger partial charge is 0.339 e. The van der Waals surface area contributed by atoms with Crippen LogP contribution < -0.4 is 4.74 Å². The van der Waals surface area contributed by atoms with Gasteiger partial charge in [-0.15, -0.1) is 0 Å². The maximum Gasteiger partial charge on any atom is 0.339 e. The minimum Gasteiger partial charge on any atom is -0.486 e. The van der Waals surface area contributed by atoms with Crippen molar-refractivity contribution in [1.29, 1.82) is 0 Å². The Morgan fingerprint density at radius 1 is 1.26 bits per heavy atom. The maximum absolute atomic E-state index is 11.1. The van der Waals surface area contributed by atoms with E-state index in [2.05, 4.69) is 0 Å². The maximum atomic E-state index is 11.1. The average molecular weight is 277 g/mol. The molecule has 0 aliphatic heterocycles. The molecule has 4 heteroatoms. The lowest BCUT2D eigenvalue weighted by Gasteiger charge is -2.11. The summed E-state index contributed by atoms with van der Waals surface area (Å²) in [5, 5.41) is 9.39. The average Bonchev–Trinajstić information content (AvgIpc) is 2.37. The monoisotopic (exact) mass is 276 g/mol. The Bertz CT molecular complexity index is 608. The molecule has 0 amide bonds. The van der Waals surface area contributed by atoms with Gasteiger partial charge in [0.1, 0.15) is 12.2 Å². The minimum atomic E-state index is -1.05. The van der Waals surface area contributed by atoms with Gasteiger partial charge < -0.3 is 9.84 Å². The van der Waals surface area contributed by atoms with Gasteiger partial charge in [-0.05, 0) is 24.6 Å². The molecule has 1 N–H and O–H groups in total. The molecule has 19 heavy (non-hydrogen) atoms. The number of para-hydroxylation sites is 1. The Morgan fingerprint density at radius 3 is 2.68 bits per heavy atom. The third-order valence-corrected chi connectivity index (χ3v) is 2.96. The molecule has 0 aromatic heterocycles. The highest BCUT2D eigenvalue weighted by Gasteiger charge is 2.14. The summed E-state index contributed by atoms with van der Waals surface area (Å²) in [7, 11) is 0.